The van der Waals surface area contributed by atoms with Gasteiger partial charge in [0.25, 0.3) is 0 Å². The van der Waals surface area contributed by atoms with E-state index < -0.39 is 30.1 Å². The van der Waals surface area contributed by atoms with Gasteiger partial charge in [-0.3, -0.25) is 4.90 Å². The third-order valence-electron chi connectivity index (χ3n) is 14.5. The fourth-order valence-electron chi connectivity index (χ4n) is 11.0. The number of amides is 1. The van der Waals surface area contributed by atoms with Gasteiger partial charge in [0.1, 0.15) is 17.5 Å². The summed E-state index contributed by atoms with van der Waals surface area (Å²) in [5.74, 6) is 0.133. The molecule has 2 aromatic rings. The van der Waals surface area contributed by atoms with E-state index in [9.17, 15) is 20.1 Å². The van der Waals surface area contributed by atoms with Gasteiger partial charge in [-0.1, -0.05) is 113 Å². The first-order valence-corrected chi connectivity index (χ1v) is 28.2. The maximum absolute atomic E-state index is 14.9. The van der Waals surface area contributed by atoms with Crippen molar-refractivity contribution >= 4 is 23.6 Å². The minimum Gasteiger partial charge on any atom is -0.493 e. The third kappa shape index (κ3) is 16.7. The summed E-state index contributed by atoms with van der Waals surface area (Å²) in [6.07, 6.45) is 22.2. The summed E-state index contributed by atoms with van der Waals surface area (Å²) < 4.78 is 39.2. The number of unbranched alkanes of at least 4 members (excludes halogenated alkanes) is 11. The predicted octanol–water partition coefficient (Wildman–Crippen LogP) is 11.4. The van der Waals surface area contributed by atoms with Crippen LogP contribution in [0, 0.1) is 17.8 Å². The minimum atomic E-state index is -1.45. The Bertz CT molecular complexity index is 1900. The fourth-order valence-corrected chi connectivity index (χ4v) is 11.8. The summed E-state index contributed by atoms with van der Waals surface area (Å²) in [4.78, 5) is 24.1. The van der Waals surface area contributed by atoms with Crippen LogP contribution in [0.25, 0.3) is 0 Å². The van der Waals surface area contributed by atoms with Crippen molar-refractivity contribution in [1.82, 2.24) is 4.90 Å². The van der Waals surface area contributed by atoms with Gasteiger partial charge >= 0.3 is 6.09 Å². The number of oxime groups is 1. The molecule has 14 heteroatoms. The molecule has 7 atom stereocenters. The molecule has 13 nitrogen and oxygen atoms in total. The molecular weight excluding hydrogens is 921 g/mol. The molecule has 3 N–H and O–H groups in total. The van der Waals surface area contributed by atoms with Gasteiger partial charge in [0.15, 0.2) is 0 Å². The summed E-state index contributed by atoms with van der Waals surface area (Å²) in [7, 11) is 0. The van der Waals surface area contributed by atoms with Crippen molar-refractivity contribution in [3.8, 4) is 11.5 Å². The Morgan fingerprint density at radius 2 is 1.63 bits per heavy atom. The molecule has 2 aliphatic carbocycles. The van der Waals surface area contributed by atoms with Gasteiger partial charge in [0, 0.05) is 54.7 Å². The Kier molecular flexibility index (Phi) is 25.4. The Morgan fingerprint density at radius 3 is 2.35 bits per heavy atom. The second-order valence-electron chi connectivity index (χ2n) is 19.5. The van der Waals surface area contributed by atoms with Gasteiger partial charge in [-0.05, 0) is 92.7 Å². The van der Waals surface area contributed by atoms with Crippen LogP contribution in [0.4, 0.5) is 4.79 Å². The second kappa shape index (κ2) is 31.8. The lowest BCUT2D eigenvalue weighted by Gasteiger charge is -2.59. The molecule has 71 heavy (non-hydrogen) atoms. The average Bonchev–Trinajstić information content (AvgIpc) is 3.39. The van der Waals surface area contributed by atoms with E-state index in [0.717, 1.165) is 86.8 Å². The predicted molar refractivity (Wildman–Crippen MR) is 280 cm³/mol. The van der Waals surface area contributed by atoms with Crippen molar-refractivity contribution in [3.63, 3.8) is 0 Å². The SMILES string of the molecule is C=CCOC12Oc3ccc(OCCSc4ccccc4)cc3C3C(CCCCO)C(CCCCO)C=C(C(=NOC4CCCCO4)CC1N(CCOCCO)C(=O)OCCCCCCCCCCCC)C32. The van der Waals surface area contributed by atoms with Crippen LogP contribution in [0.15, 0.2) is 82.9 Å². The van der Waals surface area contributed by atoms with Gasteiger partial charge < -0.3 is 48.6 Å². The van der Waals surface area contributed by atoms with E-state index in [2.05, 4.69) is 37.8 Å². The van der Waals surface area contributed by atoms with Crippen LogP contribution in [-0.2, 0) is 23.8 Å². The number of hydrogen-bond donors (Lipinski definition) is 3. The maximum atomic E-state index is 14.9. The monoisotopic (exact) mass is 1010 g/mol. The summed E-state index contributed by atoms with van der Waals surface area (Å²) in [6.45, 7) is 8.30. The largest absolute Gasteiger partial charge is 0.493 e. The van der Waals surface area contributed by atoms with Crippen molar-refractivity contribution in [1.29, 1.82) is 0 Å². The zero-order valence-corrected chi connectivity index (χ0v) is 43.6. The van der Waals surface area contributed by atoms with Crippen molar-refractivity contribution in [3.05, 3.63) is 78.4 Å². The Hall–Kier alpha value is -3.63. The lowest BCUT2D eigenvalue weighted by atomic mass is 9.55. The number of fused-ring (bicyclic) bond motifs is 2. The normalized spacial score (nSPS) is 24.1. The quantitative estimate of drug-likeness (QED) is 0.0260. The number of rotatable bonds is 35. The first-order chi connectivity index (χ1) is 35.0. The van der Waals surface area contributed by atoms with Crippen LogP contribution in [-0.4, -0.2) is 122 Å². The molecule has 6 rings (SSSR count). The average molecular weight is 1010 g/mol. The van der Waals surface area contributed by atoms with E-state index >= 15 is 0 Å². The first-order valence-electron chi connectivity index (χ1n) is 27.3. The van der Waals surface area contributed by atoms with Gasteiger partial charge in [-0.2, -0.15) is 0 Å². The fraction of sp³-hybridized carbons (Fsp3) is 0.684. The van der Waals surface area contributed by atoms with E-state index in [4.69, 9.17) is 38.4 Å². The van der Waals surface area contributed by atoms with Crippen LogP contribution in [0.2, 0.25) is 0 Å². The molecule has 2 fully saturated rings. The molecular formula is C57H86N2O11S. The molecule has 2 aromatic carbocycles. The van der Waals surface area contributed by atoms with E-state index in [-0.39, 0.29) is 77.0 Å². The number of allylic oxidation sites excluding steroid dienone is 1. The smallest absolute Gasteiger partial charge is 0.410 e. The summed E-state index contributed by atoms with van der Waals surface area (Å²) in [6, 6.07) is 15.6. The third-order valence-corrected chi connectivity index (χ3v) is 15.4. The molecule has 2 aliphatic heterocycles. The van der Waals surface area contributed by atoms with Crippen LogP contribution in [0.3, 0.4) is 0 Å². The van der Waals surface area contributed by atoms with Crippen molar-refractivity contribution in [2.75, 3.05) is 71.8 Å². The zero-order valence-electron chi connectivity index (χ0n) is 42.8. The number of benzene rings is 2. The van der Waals surface area contributed by atoms with Crippen LogP contribution >= 0.6 is 11.8 Å². The number of aliphatic hydroxyl groups excluding tert-OH is 3. The zero-order chi connectivity index (χ0) is 49.9. The molecule has 2 heterocycles. The van der Waals surface area contributed by atoms with Gasteiger partial charge in [-0.25, -0.2) is 4.79 Å². The minimum absolute atomic E-state index is 0.0551. The maximum Gasteiger partial charge on any atom is 0.410 e. The molecule has 7 unspecified atom stereocenters. The summed E-state index contributed by atoms with van der Waals surface area (Å²) in [5.41, 5.74) is 2.63. The lowest BCUT2D eigenvalue weighted by Crippen LogP contribution is -2.70. The molecule has 396 valence electrons. The van der Waals surface area contributed by atoms with Gasteiger partial charge in [-0.15, -0.1) is 18.3 Å². The van der Waals surface area contributed by atoms with E-state index in [1.807, 2.05) is 30.3 Å². The van der Waals surface area contributed by atoms with Crippen molar-refractivity contribution < 1.29 is 53.4 Å². The molecule has 0 bridgehead atoms. The highest BCUT2D eigenvalue weighted by Gasteiger charge is 2.65. The van der Waals surface area contributed by atoms with Crippen molar-refractivity contribution in [2.24, 2.45) is 22.9 Å². The standard InChI is InChI=1S/C57H86N2O11S/c1-3-5-6-7-8-9-10-11-12-21-36-67-56(63)59(30-37-64-38-33-62)52-43-50(58-70-53-27-18-22-35-66-53)48-41-44(23-16-19-31-60)47(26-17-20-32-61)54-49-42-45(65-39-40-71-46-24-14-13-15-25-46)28-29-51(49)69-57(52,55(48)54)68-34-4-2/h4,13-15,24-25,28-29,41-42,44,47,52-55,60-62H,2-3,5-12,16-23,26-27,30-40,43H2,1H3. The number of carbonyl (C=O) groups is 1. The van der Waals surface area contributed by atoms with Crippen LogP contribution in [0.5, 0.6) is 11.5 Å². The number of ether oxygens (including phenoxy) is 6. The topological polar surface area (TPSA) is 158 Å². The Labute approximate surface area is 429 Å². The number of aliphatic hydroxyl groups is 3. The second-order valence-corrected chi connectivity index (χ2v) is 20.7. The van der Waals surface area contributed by atoms with Gasteiger partial charge in [0.05, 0.1) is 57.9 Å². The molecule has 1 saturated heterocycles. The summed E-state index contributed by atoms with van der Waals surface area (Å²) in [5, 5.41) is 34.8. The Morgan fingerprint density at radius 1 is 0.873 bits per heavy atom. The molecule has 0 spiro atoms. The lowest BCUT2D eigenvalue weighted by molar-refractivity contribution is -0.256. The molecule has 0 aromatic heterocycles. The molecule has 1 saturated carbocycles. The van der Waals surface area contributed by atoms with E-state index in [0.29, 0.717) is 37.5 Å². The Balaban J connectivity index is 1.40. The number of thioether (sulfide) groups is 1. The molecule has 1 amide bonds. The van der Waals surface area contributed by atoms with Crippen molar-refractivity contribution in [2.45, 2.75) is 164 Å². The highest BCUT2D eigenvalue weighted by molar-refractivity contribution is 7.99. The first kappa shape index (κ1) is 56.7. The highest BCUT2D eigenvalue weighted by Crippen LogP contribution is 2.62. The molecule has 0 radical (unpaired) electrons. The highest BCUT2D eigenvalue weighted by atomic mass is 32.2. The van der Waals surface area contributed by atoms with E-state index in [1.54, 1.807) is 22.7 Å². The number of carbonyl (C=O) groups excluding carboxylic acids is 1. The van der Waals surface area contributed by atoms with Crippen LogP contribution in [0.1, 0.15) is 147 Å². The number of hydrogen-bond acceptors (Lipinski definition) is 13. The summed E-state index contributed by atoms with van der Waals surface area (Å²) >= 11 is 1.75. The van der Waals surface area contributed by atoms with E-state index in [1.165, 1.54) is 49.8 Å². The van der Waals surface area contributed by atoms with Crippen LogP contribution < -0.4 is 9.47 Å². The number of nitrogens with zero attached hydrogens (tertiary/aromatic N) is 2. The van der Waals surface area contributed by atoms with Gasteiger partial charge in [0.2, 0.25) is 12.1 Å². The molecule has 4 aliphatic rings.